The number of nitrogens with zero attached hydrogens (tertiary/aromatic N) is 4. The summed E-state index contributed by atoms with van der Waals surface area (Å²) in [5.41, 5.74) is 5.18. The van der Waals surface area contributed by atoms with E-state index in [-0.39, 0.29) is 48.8 Å². The van der Waals surface area contributed by atoms with E-state index < -0.39 is 29.3 Å². The number of aromatic nitrogens is 4. The molecule has 2 aromatic heterocycles. The van der Waals surface area contributed by atoms with Crippen LogP contribution in [0.1, 0.15) is 75.2 Å². The molecule has 230 valence electrons. The van der Waals surface area contributed by atoms with Crippen molar-refractivity contribution >= 4 is 24.3 Å². The van der Waals surface area contributed by atoms with Gasteiger partial charge in [-0.05, 0) is 56.7 Å². The van der Waals surface area contributed by atoms with Gasteiger partial charge in [0.25, 0.3) is 11.8 Å². The van der Waals surface area contributed by atoms with E-state index in [9.17, 15) is 14.0 Å². The molecule has 1 atom stereocenters. The summed E-state index contributed by atoms with van der Waals surface area (Å²) >= 11 is 0. The van der Waals surface area contributed by atoms with Crippen molar-refractivity contribution in [2.75, 3.05) is 13.2 Å². The number of carbonyl (C=O) groups is 2. The predicted molar refractivity (Wildman–Crippen MR) is 156 cm³/mol. The quantitative estimate of drug-likeness (QED) is 0.205. The molecule has 3 N–H and O–H groups in total. The molecule has 2 aromatic carbocycles. The lowest BCUT2D eigenvalue weighted by molar-refractivity contribution is -0.143. The van der Waals surface area contributed by atoms with E-state index >= 15 is 0 Å². The van der Waals surface area contributed by atoms with Gasteiger partial charge in [-0.2, -0.15) is 9.97 Å². The first-order valence-electron chi connectivity index (χ1n) is 13.4. The van der Waals surface area contributed by atoms with Gasteiger partial charge in [0.05, 0.1) is 17.6 Å². The Hall–Kier alpha value is -4.36. The van der Waals surface area contributed by atoms with Crippen LogP contribution in [0.4, 0.5) is 4.39 Å². The van der Waals surface area contributed by atoms with Crippen molar-refractivity contribution in [1.29, 1.82) is 0 Å². The molecule has 12 nitrogen and oxygen atoms in total. The largest absolute Gasteiger partial charge is 0.481 e. The maximum Gasteiger partial charge on any atom is 0.319 e. The van der Waals surface area contributed by atoms with E-state index in [4.69, 9.17) is 24.3 Å². The number of carbonyl (C=O) groups excluding carboxylic acids is 2. The van der Waals surface area contributed by atoms with Gasteiger partial charge in [-0.1, -0.05) is 37.2 Å². The van der Waals surface area contributed by atoms with E-state index in [1.165, 1.54) is 12.1 Å². The third-order valence-corrected chi connectivity index (χ3v) is 6.10. The second-order valence-electron chi connectivity index (χ2n) is 10.5. The van der Waals surface area contributed by atoms with E-state index in [0.717, 1.165) is 11.6 Å². The summed E-state index contributed by atoms with van der Waals surface area (Å²) in [6, 6.07) is 11.2. The molecule has 0 fully saturated rings. The van der Waals surface area contributed by atoms with Gasteiger partial charge in [0.15, 0.2) is 6.10 Å². The van der Waals surface area contributed by atoms with E-state index in [1.807, 2.05) is 32.9 Å². The monoisotopic (exact) mass is 616 g/mol. The maximum absolute atomic E-state index is 15.0. The zero-order valence-corrected chi connectivity index (χ0v) is 25.2. The molecule has 14 heteroatoms. The Labute approximate surface area is 253 Å². The first-order chi connectivity index (χ1) is 20.0. The molecule has 0 aliphatic carbocycles. The standard InChI is InChI=1S/C29H33FN6O6.ClH/c1-6-22(40-19-10-7-17(8-11-19)24-32-27(16(2)3)41-35-24)28-33-25(36-42-28)18-9-12-20(21(30)13-18)26(38)34-29(4,5)15-39-23(37)14-31;/h7-13,16,22H,6,14-15,31H2,1-5H3,(H,34,38);1H. The van der Waals surface area contributed by atoms with Crippen LogP contribution in [0.2, 0.25) is 0 Å². The Morgan fingerprint density at radius 2 is 1.60 bits per heavy atom. The van der Waals surface area contributed by atoms with Crippen molar-refractivity contribution in [3.63, 3.8) is 0 Å². The Morgan fingerprint density at radius 1 is 1.00 bits per heavy atom. The molecule has 1 unspecified atom stereocenters. The van der Waals surface area contributed by atoms with Crippen LogP contribution in [0.5, 0.6) is 5.75 Å². The van der Waals surface area contributed by atoms with Gasteiger partial charge in [-0.3, -0.25) is 9.59 Å². The van der Waals surface area contributed by atoms with Crippen molar-refractivity contribution < 1.29 is 32.5 Å². The first kappa shape index (κ1) is 33.1. The molecule has 43 heavy (non-hydrogen) atoms. The third kappa shape index (κ3) is 8.36. The number of nitrogens with two attached hydrogens (primary N) is 1. The summed E-state index contributed by atoms with van der Waals surface area (Å²) in [4.78, 5) is 32.8. The molecule has 0 spiro atoms. The number of hydrogen-bond acceptors (Lipinski definition) is 11. The summed E-state index contributed by atoms with van der Waals surface area (Å²) in [6.45, 7) is 8.73. The third-order valence-electron chi connectivity index (χ3n) is 6.10. The van der Waals surface area contributed by atoms with Crippen LogP contribution in [0.15, 0.2) is 51.5 Å². The highest BCUT2D eigenvalue weighted by atomic mass is 35.5. The molecule has 1 amide bonds. The van der Waals surface area contributed by atoms with Crippen LogP contribution in [-0.2, 0) is 9.53 Å². The second-order valence-corrected chi connectivity index (χ2v) is 10.5. The highest BCUT2D eigenvalue weighted by Gasteiger charge is 2.26. The summed E-state index contributed by atoms with van der Waals surface area (Å²) in [5.74, 6) is 0.0447. The molecule has 0 aliphatic heterocycles. The Morgan fingerprint density at radius 3 is 2.19 bits per heavy atom. The lowest BCUT2D eigenvalue weighted by Crippen LogP contribution is -2.48. The number of rotatable bonds is 12. The average molecular weight is 617 g/mol. The number of hydrogen-bond donors (Lipinski definition) is 2. The van der Waals surface area contributed by atoms with Crippen molar-refractivity contribution in [2.24, 2.45) is 5.73 Å². The summed E-state index contributed by atoms with van der Waals surface area (Å²) < 4.78 is 36.7. The highest BCUT2D eigenvalue weighted by Crippen LogP contribution is 2.28. The van der Waals surface area contributed by atoms with Crippen LogP contribution < -0.4 is 15.8 Å². The number of amides is 1. The van der Waals surface area contributed by atoms with Crippen LogP contribution >= 0.6 is 12.4 Å². The van der Waals surface area contributed by atoms with Gasteiger partial charge >= 0.3 is 5.97 Å². The molecular weight excluding hydrogens is 583 g/mol. The molecule has 2 heterocycles. The first-order valence-corrected chi connectivity index (χ1v) is 13.4. The number of esters is 1. The Balaban J connectivity index is 0.00000506. The summed E-state index contributed by atoms with van der Waals surface area (Å²) in [7, 11) is 0. The van der Waals surface area contributed by atoms with Gasteiger partial charge in [0, 0.05) is 17.0 Å². The number of benzene rings is 2. The minimum Gasteiger partial charge on any atom is -0.481 e. The fraction of sp³-hybridized carbons (Fsp3) is 0.379. The lowest BCUT2D eigenvalue weighted by atomic mass is 10.0. The number of ether oxygens (including phenoxy) is 2. The topological polar surface area (TPSA) is 168 Å². The molecule has 4 rings (SSSR count). The molecule has 4 aromatic rings. The van der Waals surface area contributed by atoms with Crippen molar-refractivity contribution in [1.82, 2.24) is 25.6 Å². The lowest BCUT2D eigenvalue weighted by Gasteiger charge is -2.25. The zero-order chi connectivity index (χ0) is 30.4. The molecule has 0 saturated heterocycles. The van der Waals surface area contributed by atoms with Gasteiger partial charge < -0.3 is 29.6 Å². The minimum absolute atomic E-state index is 0. The van der Waals surface area contributed by atoms with Gasteiger partial charge in [-0.15, -0.1) is 12.4 Å². The predicted octanol–water partition coefficient (Wildman–Crippen LogP) is 5.01. The van der Waals surface area contributed by atoms with E-state index in [1.54, 1.807) is 26.0 Å². The van der Waals surface area contributed by atoms with Crippen LogP contribution in [-0.4, -0.2) is 50.8 Å². The normalized spacial score (nSPS) is 12.0. The molecule has 0 bridgehead atoms. The van der Waals surface area contributed by atoms with Crippen LogP contribution in [0.25, 0.3) is 22.8 Å². The summed E-state index contributed by atoms with van der Waals surface area (Å²) in [6.07, 6.45) is -0.0316. The van der Waals surface area contributed by atoms with Crippen LogP contribution in [0.3, 0.4) is 0 Å². The van der Waals surface area contributed by atoms with Crippen molar-refractivity contribution in [3.8, 4) is 28.5 Å². The SMILES string of the molecule is CCC(Oc1ccc(-c2noc(C(C)C)n2)cc1)c1nc(-c2ccc(C(=O)NC(C)(C)COC(=O)CN)c(F)c2)no1.Cl. The van der Waals surface area contributed by atoms with Gasteiger partial charge in [-0.25, -0.2) is 4.39 Å². The van der Waals surface area contributed by atoms with Crippen LogP contribution in [0, 0.1) is 5.82 Å². The highest BCUT2D eigenvalue weighted by molar-refractivity contribution is 5.95. The minimum atomic E-state index is -0.949. The fourth-order valence-electron chi connectivity index (χ4n) is 3.79. The molecule has 0 radical (unpaired) electrons. The maximum atomic E-state index is 15.0. The molecule has 0 saturated carbocycles. The Kier molecular flexibility index (Phi) is 11.0. The van der Waals surface area contributed by atoms with Crippen molar-refractivity contribution in [3.05, 3.63) is 65.6 Å². The second kappa shape index (κ2) is 14.2. The number of nitrogens with one attached hydrogen (secondary N) is 1. The summed E-state index contributed by atoms with van der Waals surface area (Å²) in [5, 5.41) is 10.6. The zero-order valence-electron chi connectivity index (χ0n) is 24.4. The van der Waals surface area contributed by atoms with Gasteiger partial charge in [0.1, 0.15) is 18.2 Å². The average Bonchev–Trinajstić information content (AvgIpc) is 3.66. The van der Waals surface area contributed by atoms with Gasteiger partial charge in [0.2, 0.25) is 17.5 Å². The van der Waals surface area contributed by atoms with E-state index in [2.05, 4.69) is 25.6 Å². The van der Waals surface area contributed by atoms with Crippen molar-refractivity contribution in [2.45, 2.75) is 58.6 Å². The number of halogens is 2. The van der Waals surface area contributed by atoms with E-state index in [0.29, 0.717) is 29.4 Å². The fourth-order valence-corrected chi connectivity index (χ4v) is 3.79. The molecule has 0 aliphatic rings. The smallest absolute Gasteiger partial charge is 0.319 e. The molecular formula is C29H34ClFN6O6. The Bertz CT molecular complexity index is 1540.